The van der Waals surface area contributed by atoms with Crippen LogP contribution in [0.1, 0.15) is 12.5 Å². The summed E-state index contributed by atoms with van der Waals surface area (Å²) in [5, 5.41) is 0.644. The Morgan fingerprint density at radius 2 is 1.88 bits per heavy atom. The zero-order valence-corrected chi connectivity index (χ0v) is 13.8. The number of fused-ring (bicyclic) bond motifs is 1. The van der Waals surface area contributed by atoms with E-state index in [0.29, 0.717) is 21.9 Å². The van der Waals surface area contributed by atoms with Crippen LogP contribution in [0.2, 0.25) is 5.02 Å². The highest BCUT2D eigenvalue weighted by atomic mass is 35.5. The summed E-state index contributed by atoms with van der Waals surface area (Å²) in [6.45, 7) is 1.33. The number of nitrogens with zero attached hydrogens (tertiary/aromatic N) is 2. The van der Waals surface area contributed by atoms with Gasteiger partial charge >= 0.3 is 6.18 Å². The second kappa shape index (κ2) is 6.37. The molecule has 0 bridgehead atoms. The van der Waals surface area contributed by atoms with Gasteiger partial charge in [-0.1, -0.05) is 17.7 Å². The summed E-state index contributed by atoms with van der Waals surface area (Å²) >= 11 is 5.99. The van der Waals surface area contributed by atoms with Gasteiger partial charge in [-0.15, -0.1) is 0 Å². The number of hydrogen-bond acceptors (Lipinski definition) is 2. The van der Waals surface area contributed by atoms with Crippen molar-refractivity contribution in [1.82, 2.24) is 4.98 Å². The van der Waals surface area contributed by atoms with E-state index in [1.807, 2.05) is 0 Å². The van der Waals surface area contributed by atoms with E-state index in [4.69, 9.17) is 11.6 Å². The van der Waals surface area contributed by atoms with Crippen molar-refractivity contribution in [3.8, 4) is 0 Å². The van der Waals surface area contributed by atoms with Crippen LogP contribution in [-0.4, -0.2) is 10.9 Å². The van der Waals surface area contributed by atoms with Crippen molar-refractivity contribution >= 4 is 39.8 Å². The zero-order chi connectivity index (χ0) is 18.2. The van der Waals surface area contributed by atoms with Gasteiger partial charge in [-0.25, -0.2) is 0 Å². The lowest BCUT2D eigenvalue weighted by atomic mass is 10.1. The van der Waals surface area contributed by atoms with Crippen LogP contribution in [0.4, 0.5) is 24.5 Å². The van der Waals surface area contributed by atoms with Crippen molar-refractivity contribution < 1.29 is 18.0 Å². The molecule has 0 spiro atoms. The highest BCUT2D eigenvalue weighted by Crippen LogP contribution is 2.36. The number of halogens is 4. The molecule has 3 rings (SSSR count). The third kappa shape index (κ3) is 3.44. The van der Waals surface area contributed by atoms with Gasteiger partial charge in [-0.05, 0) is 42.5 Å². The zero-order valence-electron chi connectivity index (χ0n) is 13.0. The van der Waals surface area contributed by atoms with E-state index in [2.05, 4.69) is 4.98 Å². The molecule has 0 saturated heterocycles. The molecule has 1 heterocycles. The fraction of sp³-hybridized carbons (Fsp3) is 0.111. The number of rotatable bonds is 2. The van der Waals surface area contributed by atoms with Crippen LogP contribution in [0.5, 0.6) is 0 Å². The molecule has 0 unspecified atom stereocenters. The Morgan fingerprint density at radius 3 is 2.52 bits per heavy atom. The second-order valence-corrected chi connectivity index (χ2v) is 5.83. The molecule has 0 fully saturated rings. The van der Waals surface area contributed by atoms with E-state index in [1.54, 1.807) is 24.3 Å². The minimum atomic E-state index is -4.49. The van der Waals surface area contributed by atoms with E-state index < -0.39 is 11.7 Å². The lowest BCUT2D eigenvalue weighted by Crippen LogP contribution is -2.23. The number of carbonyl (C=O) groups excluding carboxylic acids is 1. The van der Waals surface area contributed by atoms with Crippen LogP contribution in [0.3, 0.4) is 0 Å². The average molecular weight is 365 g/mol. The summed E-state index contributed by atoms with van der Waals surface area (Å²) in [6, 6.07) is 11.3. The molecule has 0 atom stereocenters. The summed E-state index contributed by atoms with van der Waals surface area (Å²) in [5.41, 5.74) is 0.332. The van der Waals surface area contributed by atoms with Gasteiger partial charge in [0.25, 0.3) is 0 Å². The molecular formula is C18H12ClF3N2O. The number of aromatic nitrogens is 1. The number of anilines is 2. The summed E-state index contributed by atoms with van der Waals surface area (Å²) in [6.07, 6.45) is -3.04. The van der Waals surface area contributed by atoms with Crippen molar-refractivity contribution in [2.45, 2.75) is 13.1 Å². The second-order valence-electron chi connectivity index (χ2n) is 5.39. The lowest BCUT2D eigenvalue weighted by molar-refractivity contribution is -0.137. The summed E-state index contributed by atoms with van der Waals surface area (Å²) in [7, 11) is 0. The Morgan fingerprint density at radius 1 is 1.12 bits per heavy atom. The van der Waals surface area contributed by atoms with E-state index in [1.165, 1.54) is 30.2 Å². The molecule has 128 valence electrons. The molecular weight excluding hydrogens is 353 g/mol. The Hall–Kier alpha value is -2.60. The third-order valence-electron chi connectivity index (χ3n) is 3.67. The van der Waals surface area contributed by atoms with E-state index in [0.717, 1.165) is 12.1 Å². The van der Waals surface area contributed by atoms with Crippen LogP contribution >= 0.6 is 11.6 Å². The molecule has 0 N–H and O–H groups in total. The van der Waals surface area contributed by atoms with Crippen LogP contribution in [0.15, 0.2) is 54.7 Å². The molecule has 0 aliphatic heterocycles. The van der Waals surface area contributed by atoms with Crippen LogP contribution in [-0.2, 0) is 11.0 Å². The topological polar surface area (TPSA) is 33.2 Å². The van der Waals surface area contributed by atoms with Crippen molar-refractivity contribution in [2.75, 3.05) is 4.90 Å². The number of alkyl halides is 3. The number of carbonyl (C=O) groups is 1. The standard InChI is InChI=1S/C18H12ClF3N2O/c1-11(25)24(14-4-2-3-13(19)10-14)17-7-8-23-16-6-5-12(9-15(16)17)18(20,21)22/h2-10H,1H3. The summed E-state index contributed by atoms with van der Waals surface area (Å²) < 4.78 is 39.2. The van der Waals surface area contributed by atoms with Gasteiger partial charge in [0, 0.05) is 23.5 Å². The van der Waals surface area contributed by atoms with Gasteiger partial charge < -0.3 is 0 Å². The smallest absolute Gasteiger partial charge is 0.281 e. The maximum atomic E-state index is 13.1. The SMILES string of the molecule is CC(=O)N(c1cccc(Cl)c1)c1ccnc2ccc(C(F)(F)F)cc12. The van der Waals surface area contributed by atoms with E-state index in [9.17, 15) is 18.0 Å². The fourth-order valence-electron chi connectivity index (χ4n) is 2.61. The summed E-state index contributed by atoms with van der Waals surface area (Å²) in [5.74, 6) is -0.354. The van der Waals surface area contributed by atoms with E-state index >= 15 is 0 Å². The number of amides is 1. The molecule has 0 saturated carbocycles. The Labute approximate surface area is 146 Å². The highest BCUT2D eigenvalue weighted by Gasteiger charge is 2.31. The lowest BCUT2D eigenvalue weighted by Gasteiger charge is -2.23. The number of hydrogen-bond donors (Lipinski definition) is 0. The van der Waals surface area contributed by atoms with Gasteiger partial charge in [0.2, 0.25) is 5.91 Å². The predicted molar refractivity (Wildman–Crippen MR) is 91.0 cm³/mol. The molecule has 0 radical (unpaired) electrons. The van der Waals surface area contributed by atoms with Crippen LogP contribution < -0.4 is 4.90 Å². The van der Waals surface area contributed by atoms with Gasteiger partial charge in [0.15, 0.2) is 0 Å². The number of benzene rings is 2. The monoisotopic (exact) mass is 364 g/mol. The van der Waals surface area contributed by atoms with Crippen LogP contribution in [0.25, 0.3) is 10.9 Å². The van der Waals surface area contributed by atoms with Gasteiger partial charge in [-0.3, -0.25) is 14.7 Å². The largest absolute Gasteiger partial charge is 0.416 e. The normalized spacial score (nSPS) is 11.6. The van der Waals surface area contributed by atoms with Crippen molar-refractivity contribution in [1.29, 1.82) is 0 Å². The van der Waals surface area contributed by atoms with E-state index in [-0.39, 0.29) is 11.3 Å². The molecule has 0 aliphatic carbocycles. The Bertz CT molecular complexity index is 956. The van der Waals surface area contributed by atoms with Gasteiger partial charge in [0.1, 0.15) is 0 Å². The first kappa shape index (κ1) is 17.2. The molecule has 25 heavy (non-hydrogen) atoms. The van der Waals surface area contributed by atoms with Crippen molar-refractivity contribution in [2.24, 2.45) is 0 Å². The first-order valence-electron chi connectivity index (χ1n) is 7.29. The van der Waals surface area contributed by atoms with Gasteiger partial charge in [-0.2, -0.15) is 13.2 Å². The molecule has 3 nitrogen and oxygen atoms in total. The molecule has 0 aliphatic rings. The molecule has 1 aromatic heterocycles. The van der Waals surface area contributed by atoms with Crippen molar-refractivity contribution in [3.63, 3.8) is 0 Å². The summed E-state index contributed by atoms with van der Waals surface area (Å²) in [4.78, 5) is 17.6. The molecule has 7 heteroatoms. The molecule has 1 amide bonds. The fourth-order valence-corrected chi connectivity index (χ4v) is 2.79. The Balaban J connectivity index is 2.26. The maximum Gasteiger partial charge on any atom is 0.416 e. The first-order chi connectivity index (χ1) is 11.8. The van der Waals surface area contributed by atoms with Gasteiger partial charge in [0.05, 0.1) is 22.5 Å². The minimum Gasteiger partial charge on any atom is -0.281 e. The van der Waals surface area contributed by atoms with Crippen molar-refractivity contribution in [3.05, 3.63) is 65.3 Å². The Kier molecular flexibility index (Phi) is 4.39. The van der Waals surface area contributed by atoms with Crippen LogP contribution in [0, 0.1) is 0 Å². The third-order valence-corrected chi connectivity index (χ3v) is 3.90. The minimum absolute atomic E-state index is 0.229. The molecule has 2 aromatic carbocycles. The average Bonchev–Trinajstić information content (AvgIpc) is 2.54. The first-order valence-corrected chi connectivity index (χ1v) is 7.67. The quantitative estimate of drug-likeness (QED) is 0.593. The number of pyridine rings is 1. The highest BCUT2D eigenvalue weighted by molar-refractivity contribution is 6.31. The maximum absolute atomic E-state index is 13.1. The molecule has 3 aromatic rings. The predicted octanol–water partition coefficient (Wildman–Crippen LogP) is 5.59.